The highest BCUT2D eigenvalue weighted by Gasteiger charge is 2.20. The van der Waals surface area contributed by atoms with Crippen LogP contribution in [0.4, 0.5) is 10.5 Å². The van der Waals surface area contributed by atoms with Gasteiger partial charge in [0.1, 0.15) is 10.8 Å². The van der Waals surface area contributed by atoms with Crippen molar-refractivity contribution < 1.29 is 9.53 Å². The van der Waals surface area contributed by atoms with E-state index in [0.717, 1.165) is 22.0 Å². The molecule has 2 aromatic heterocycles. The van der Waals surface area contributed by atoms with Crippen LogP contribution in [0, 0.1) is 13.8 Å². The summed E-state index contributed by atoms with van der Waals surface area (Å²) in [5, 5.41) is 7.08. The van der Waals surface area contributed by atoms with Crippen molar-refractivity contribution in [3.8, 4) is 10.8 Å². The van der Waals surface area contributed by atoms with Gasteiger partial charge in [-0.15, -0.1) is 11.3 Å². The average Bonchev–Trinajstić information content (AvgIpc) is 3.26. The first-order valence-corrected chi connectivity index (χ1v) is 9.84. The van der Waals surface area contributed by atoms with Crippen molar-refractivity contribution in [3.05, 3.63) is 64.8 Å². The minimum atomic E-state index is -0.228. The fourth-order valence-corrected chi connectivity index (χ4v) is 4.26. The van der Waals surface area contributed by atoms with Gasteiger partial charge >= 0.3 is 6.03 Å². The lowest BCUT2D eigenvalue weighted by molar-refractivity contribution is 0.249. The molecule has 0 aliphatic heterocycles. The summed E-state index contributed by atoms with van der Waals surface area (Å²) >= 11 is 1.74. The van der Waals surface area contributed by atoms with E-state index in [2.05, 4.69) is 29.0 Å². The van der Waals surface area contributed by atoms with Crippen molar-refractivity contribution in [3.63, 3.8) is 0 Å². The van der Waals surface area contributed by atoms with E-state index in [9.17, 15) is 4.79 Å². The van der Waals surface area contributed by atoms with E-state index in [1.54, 1.807) is 11.3 Å². The van der Waals surface area contributed by atoms with Gasteiger partial charge in [0.2, 0.25) is 0 Å². The Labute approximate surface area is 164 Å². The number of nitrogens with one attached hydrogen (secondary N) is 2. The van der Waals surface area contributed by atoms with Crippen LogP contribution in [0.25, 0.3) is 5.00 Å². The van der Waals surface area contributed by atoms with Gasteiger partial charge < -0.3 is 19.9 Å². The summed E-state index contributed by atoms with van der Waals surface area (Å²) in [5.41, 5.74) is 3.10. The number of benzene rings is 1. The fraction of sp³-hybridized carbons (Fsp3) is 0.286. The molecule has 0 unspecified atom stereocenters. The van der Waals surface area contributed by atoms with Crippen LogP contribution in [0.5, 0.6) is 5.75 Å². The van der Waals surface area contributed by atoms with E-state index in [4.69, 9.17) is 4.74 Å². The second kappa shape index (κ2) is 8.31. The molecule has 2 heterocycles. The van der Waals surface area contributed by atoms with E-state index < -0.39 is 0 Å². The predicted octanol–water partition coefficient (Wildman–Crippen LogP) is 5.44. The fourth-order valence-electron chi connectivity index (χ4n) is 3.04. The number of anilines is 1. The molecule has 142 valence electrons. The SMILES string of the molecule is CCOc1ccc(NC(=O)N[C@H](C)c2c(-n3cccc3)sc(C)c2C)cc1. The zero-order valence-corrected chi connectivity index (χ0v) is 16.9. The van der Waals surface area contributed by atoms with Crippen LogP contribution in [0.1, 0.15) is 35.9 Å². The predicted molar refractivity (Wildman–Crippen MR) is 111 cm³/mol. The van der Waals surface area contributed by atoms with Gasteiger partial charge in [0.15, 0.2) is 0 Å². The monoisotopic (exact) mass is 383 g/mol. The molecule has 0 saturated heterocycles. The number of hydrogen-bond donors (Lipinski definition) is 2. The molecule has 0 aliphatic rings. The molecular weight excluding hydrogens is 358 g/mol. The van der Waals surface area contributed by atoms with Crippen LogP contribution in [-0.4, -0.2) is 17.2 Å². The van der Waals surface area contributed by atoms with Crippen LogP contribution in [0.15, 0.2) is 48.8 Å². The summed E-state index contributed by atoms with van der Waals surface area (Å²) in [6.45, 7) is 8.80. The van der Waals surface area contributed by atoms with Gasteiger partial charge in [-0.2, -0.15) is 0 Å². The number of rotatable bonds is 6. The van der Waals surface area contributed by atoms with Crippen molar-refractivity contribution in [2.24, 2.45) is 0 Å². The Bertz CT molecular complexity index is 898. The maximum absolute atomic E-state index is 12.5. The molecule has 0 aliphatic carbocycles. The molecule has 3 aromatic rings. The summed E-state index contributed by atoms with van der Waals surface area (Å²) in [4.78, 5) is 13.7. The van der Waals surface area contributed by atoms with Crippen LogP contribution in [0.3, 0.4) is 0 Å². The average molecular weight is 384 g/mol. The van der Waals surface area contributed by atoms with E-state index in [-0.39, 0.29) is 12.1 Å². The second-order valence-corrected chi connectivity index (χ2v) is 7.57. The minimum Gasteiger partial charge on any atom is -0.494 e. The molecule has 2 N–H and O–H groups in total. The van der Waals surface area contributed by atoms with E-state index in [1.807, 2.05) is 62.6 Å². The Kier molecular flexibility index (Phi) is 5.86. The Balaban J connectivity index is 1.72. The highest BCUT2D eigenvalue weighted by molar-refractivity contribution is 7.14. The van der Waals surface area contributed by atoms with Crippen LogP contribution >= 0.6 is 11.3 Å². The summed E-state index contributed by atoms with van der Waals surface area (Å²) < 4.78 is 7.52. The Hall–Kier alpha value is -2.73. The third-order valence-electron chi connectivity index (χ3n) is 4.46. The molecule has 5 nitrogen and oxygen atoms in total. The van der Waals surface area contributed by atoms with Crippen molar-refractivity contribution in [2.45, 2.75) is 33.7 Å². The van der Waals surface area contributed by atoms with Crippen molar-refractivity contribution >= 4 is 23.1 Å². The Morgan fingerprint density at radius 1 is 1.19 bits per heavy atom. The van der Waals surface area contributed by atoms with Crippen molar-refractivity contribution in [2.75, 3.05) is 11.9 Å². The smallest absolute Gasteiger partial charge is 0.319 e. The highest BCUT2D eigenvalue weighted by atomic mass is 32.1. The van der Waals surface area contributed by atoms with Crippen molar-refractivity contribution in [1.29, 1.82) is 0 Å². The number of aryl methyl sites for hydroxylation is 1. The molecule has 0 saturated carbocycles. The molecule has 1 aromatic carbocycles. The Morgan fingerprint density at radius 3 is 2.48 bits per heavy atom. The number of carbonyl (C=O) groups is 1. The van der Waals surface area contributed by atoms with Gasteiger partial charge in [-0.3, -0.25) is 0 Å². The largest absolute Gasteiger partial charge is 0.494 e. The third-order valence-corrected chi connectivity index (χ3v) is 5.69. The summed E-state index contributed by atoms with van der Waals surface area (Å²) in [5.74, 6) is 0.789. The molecule has 3 rings (SSSR count). The minimum absolute atomic E-state index is 0.116. The van der Waals surface area contributed by atoms with E-state index in [1.165, 1.54) is 10.4 Å². The molecule has 0 bridgehead atoms. The number of thiophene rings is 1. The van der Waals surface area contributed by atoms with Gasteiger partial charge in [0.25, 0.3) is 0 Å². The molecule has 0 spiro atoms. The molecule has 0 fully saturated rings. The molecule has 6 heteroatoms. The maximum Gasteiger partial charge on any atom is 0.319 e. The number of nitrogens with zero attached hydrogens (tertiary/aromatic N) is 1. The second-order valence-electron chi connectivity index (χ2n) is 6.37. The number of ether oxygens (including phenoxy) is 1. The van der Waals surface area contributed by atoms with Gasteiger partial charge in [-0.25, -0.2) is 4.79 Å². The topological polar surface area (TPSA) is 55.3 Å². The Morgan fingerprint density at radius 2 is 1.85 bits per heavy atom. The zero-order chi connectivity index (χ0) is 19.4. The van der Waals surface area contributed by atoms with Gasteiger partial charge in [-0.05, 0) is 69.7 Å². The van der Waals surface area contributed by atoms with E-state index >= 15 is 0 Å². The molecule has 0 radical (unpaired) electrons. The van der Waals surface area contributed by atoms with Crippen LogP contribution < -0.4 is 15.4 Å². The standard InChI is InChI=1S/C21H25N3O2S/c1-5-26-18-10-8-17(9-11-18)23-21(25)22-15(3)19-14(2)16(4)27-20(19)24-12-6-7-13-24/h6-13,15H,5H2,1-4H3,(H2,22,23,25)/t15-/m1/s1. The molecule has 27 heavy (non-hydrogen) atoms. The number of hydrogen-bond acceptors (Lipinski definition) is 3. The third kappa shape index (κ3) is 4.34. The van der Waals surface area contributed by atoms with Gasteiger partial charge in [0, 0.05) is 28.5 Å². The van der Waals surface area contributed by atoms with Crippen LogP contribution in [0.2, 0.25) is 0 Å². The van der Waals surface area contributed by atoms with Gasteiger partial charge in [0.05, 0.1) is 12.6 Å². The number of urea groups is 1. The normalized spacial score (nSPS) is 11.9. The first-order chi connectivity index (χ1) is 13.0. The first kappa shape index (κ1) is 19.0. The highest BCUT2D eigenvalue weighted by Crippen LogP contribution is 2.35. The lowest BCUT2D eigenvalue weighted by Crippen LogP contribution is -2.31. The van der Waals surface area contributed by atoms with Gasteiger partial charge in [-0.1, -0.05) is 0 Å². The maximum atomic E-state index is 12.5. The number of aromatic nitrogens is 1. The van der Waals surface area contributed by atoms with E-state index in [0.29, 0.717) is 6.61 Å². The summed E-state index contributed by atoms with van der Waals surface area (Å²) in [6, 6.07) is 11.0. The lowest BCUT2D eigenvalue weighted by Gasteiger charge is -2.17. The number of carbonyl (C=O) groups excluding carboxylic acids is 1. The summed E-state index contributed by atoms with van der Waals surface area (Å²) in [7, 11) is 0. The van der Waals surface area contributed by atoms with Crippen LogP contribution in [-0.2, 0) is 0 Å². The lowest BCUT2D eigenvalue weighted by atomic mass is 10.1. The molecule has 1 atom stereocenters. The number of amides is 2. The summed E-state index contributed by atoms with van der Waals surface area (Å²) in [6.07, 6.45) is 4.06. The molecular formula is C21H25N3O2S. The zero-order valence-electron chi connectivity index (χ0n) is 16.1. The molecule has 2 amide bonds. The first-order valence-electron chi connectivity index (χ1n) is 9.03. The quantitative estimate of drug-likeness (QED) is 0.596. The van der Waals surface area contributed by atoms with Crippen molar-refractivity contribution in [1.82, 2.24) is 9.88 Å².